The van der Waals surface area contributed by atoms with Crippen molar-refractivity contribution in [2.24, 2.45) is 0 Å². The zero-order chi connectivity index (χ0) is 22.3. The molecule has 5 nitrogen and oxygen atoms in total. The summed E-state index contributed by atoms with van der Waals surface area (Å²) in [4.78, 5) is 15.3. The van der Waals surface area contributed by atoms with Gasteiger partial charge in [0.05, 0.1) is 27.4 Å². The maximum absolute atomic E-state index is 13.5. The Hall–Kier alpha value is -3.57. The van der Waals surface area contributed by atoms with Gasteiger partial charge in [0.25, 0.3) is 5.91 Å². The fourth-order valence-corrected chi connectivity index (χ4v) is 3.78. The molecule has 1 fully saturated rings. The van der Waals surface area contributed by atoms with Crippen LogP contribution in [-0.2, 0) is 9.53 Å². The number of benzene rings is 3. The zero-order valence-corrected chi connectivity index (χ0v) is 18.4. The molecular weight excluding hydrogens is 402 g/mol. The molecule has 0 spiro atoms. The number of nitrogens with zero attached hydrogens (tertiary/aromatic N) is 1. The molecule has 0 atom stereocenters. The van der Waals surface area contributed by atoms with Gasteiger partial charge in [-0.05, 0) is 40.5 Å². The predicted octanol–water partition coefficient (Wildman–Crippen LogP) is 4.77. The van der Waals surface area contributed by atoms with E-state index in [-0.39, 0.29) is 5.91 Å². The van der Waals surface area contributed by atoms with Crippen LogP contribution in [-0.4, -0.2) is 51.3 Å². The molecule has 0 radical (unpaired) electrons. The third kappa shape index (κ3) is 4.84. The number of amides is 1. The van der Waals surface area contributed by atoms with Gasteiger partial charge in [0.15, 0.2) is 11.5 Å². The van der Waals surface area contributed by atoms with Crippen LogP contribution in [0.1, 0.15) is 11.1 Å². The fourth-order valence-electron chi connectivity index (χ4n) is 3.78. The van der Waals surface area contributed by atoms with E-state index in [2.05, 4.69) is 24.3 Å². The summed E-state index contributed by atoms with van der Waals surface area (Å²) in [5.41, 5.74) is 4.64. The van der Waals surface area contributed by atoms with E-state index in [1.54, 1.807) is 14.2 Å². The van der Waals surface area contributed by atoms with Crippen molar-refractivity contribution >= 4 is 17.6 Å². The average Bonchev–Trinajstić information content (AvgIpc) is 2.88. The second kappa shape index (κ2) is 10.2. The van der Waals surface area contributed by atoms with Gasteiger partial charge in [-0.1, -0.05) is 60.7 Å². The minimum absolute atomic E-state index is 0.0207. The topological polar surface area (TPSA) is 48.0 Å². The molecule has 3 aromatic carbocycles. The summed E-state index contributed by atoms with van der Waals surface area (Å²) in [5.74, 6) is 1.19. The van der Waals surface area contributed by atoms with E-state index >= 15 is 0 Å². The van der Waals surface area contributed by atoms with Crippen molar-refractivity contribution in [1.29, 1.82) is 0 Å². The summed E-state index contributed by atoms with van der Waals surface area (Å²) in [6.07, 6.45) is 1.94. The number of rotatable bonds is 6. The molecule has 1 amide bonds. The Balaban J connectivity index is 1.71. The lowest BCUT2D eigenvalue weighted by Crippen LogP contribution is -2.41. The number of hydrogen-bond donors (Lipinski definition) is 0. The Morgan fingerprint density at radius 2 is 1.50 bits per heavy atom. The van der Waals surface area contributed by atoms with E-state index in [9.17, 15) is 4.79 Å². The van der Waals surface area contributed by atoms with E-state index in [1.807, 2.05) is 59.5 Å². The third-order valence-electron chi connectivity index (χ3n) is 5.55. The van der Waals surface area contributed by atoms with Crippen LogP contribution in [0.25, 0.3) is 22.8 Å². The summed E-state index contributed by atoms with van der Waals surface area (Å²) >= 11 is 0. The van der Waals surface area contributed by atoms with Crippen LogP contribution in [0, 0.1) is 0 Å². The van der Waals surface area contributed by atoms with Gasteiger partial charge in [-0.3, -0.25) is 4.79 Å². The van der Waals surface area contributed by atoms with E-state index in [0.717, 1.165) is 22.3 Å². The Morgan fingerprint density at radius 1 is 0.844 bits per heavy atom. The molecule has 1 saturated heterocycles. The molecule has 32 heavy (non-hydrogen) atoms. The highest BCUT2D eigenvalue weighted by molar-refractivity contribution is 6.24. The smallest absolute Gasteiger partial charge is 0.254 e. The normalized spacial score (nSPS) is 14.2. The van der Waals surface area contributed by atoms with Crippen molar-refractivity contribution in [2.75, 3.05) is 40.5 Å². The first-order valence-electron chi connectivity index (χ1n) is 10.7. The minimum Gasteiger partial charge on any atom is -0.493 e. The van der Waals surface area contributed by atoms with Crippen LogP contribution in [0.5, 0.6) is 11.5 Å². The molecule has 1 aliphatic heterocycles. The third-order valence-corrected chi connectivity index (χ3v) is 5.55. The molecule has 0 aliphatic carbocycles. The molecule has 0 bridgehead atoms. The van der Waals surface area contributed by atoms with E-state index in [4.69, 9.17) is 14.2 Å². The van der Waals surface area contributed by atoms with Crippen molar-refractivity contribution in [3.05, 3.63) is 83.9 Å². The molecule has 4 rings (SSSR count). The second-order valence-electron chi connectivity index (χ2n) is 7.52. The van der Waals surface area contributed by atoms with E-state index in [0.29, 0.717) is 43.4 Å². The van der Waals surface area contributed by atoms with Crippen LogP contribution in [0.2, 0.25) is 0 Å². The highest BCUT2D eigenvalue weighted by Gasteiger charge is 2.23. The molecule has 0 saturated carbocycles. The van der Waals surface area contributed by atoms with Gasteiger partial charge in [0.2, 0.25) is 0 Å². The lowest BCUT2D eigenvalue weighted by atomic mass is 9.99. The number of morpholine rings is 1. The van der Waals surface area contributed by atoms with Crippen molar-refractivity contribution in [1.82, 2.24) is 4.90 Å². The standard InChI is InChI=1S/C27H27NO4/c1-30-25-13-12-23(19-26(25)31-2)24(27(29)28-14-16-32-17-15-28)18-20-8-10-22(11-9-20)21-6-4-3-5-7-21/h3-13,18-19H,14-17H2,1-2H3. The molecular formula is C27H27NO4. The first-order chi connectivity index (χ1) is 15.7. The van der Waals surface area contributed by atoms with Crippen LogP contribution < -0.4 is 9.47 Å². The Kier molecular flexibility index (Phi) is 6.87. The molecule has 1 aliphatic rings. The summed E-state index contributed by atoms with van der Waals surface area (Å²) in [7, 11) is 3.19. The van der Waals surface area contributed by atoms with Gasteiger partial charge in [0, 0.05) is 18.7 Å². The zero-order valence-electron chi connectivity index (χ0n) is 18.4. The van der Waals surface area contributed by atoms with Crippen LogP contribution in [0.3, 0.4) is 0 Å². The molecule has 0 N–H and O–H groups in total. The quantitative estimate of drug-likeness (QED) is 0.418. The molecule has 0 unspecified atom stereocenters. The number of methoxy groups -OCH3 is 2. The highest BCUT2D eigenvalue weighted by atomic mass is 16.5. The van der Waals surface area contributed by atoms with Crippen LogP contribution in [0.4, 0.5) is 0 Å². The Labute approximate surface area is 188 Å². The first-order valence-corrected chi connectivity index (χ1v) is 10.7. The maximum Gasteiger partial charge on any atom is 0.254 e. The van der Waals surface area contributed by atoms with Gasteiger partial charge in [-0.2, -0.15) is 0 Å². The van der Waals surface area contributed by atoms with Crippen LogP contribution in [0.15, 0.2) is 72.8 Å². The van der Waals surface area contributed by atoms with Gasteiger partial charge < -0.3 is 19.1 Å². The van der Waals surface area contributed by atoms with E-state index < -0.39 is 0 Å². The van der Waals surface area contributed by atoms with Gasteiger partial charge in [0.1, 0.15) is 0 Å². The monoisotopic (exact) mass is 429 g/mol. The first kappa shape index (κ1) is 21.7. The van der Waals surface area contributed by atoms with E-state index in [1.165, 1.54) is 0 Å². The van der Waals surface area contributed by atoms with Crippen molar-refractivity contribution < 1.29 is 19.0 Å². The summed E-state index contributed by atoms with van der Waals surface area (Å²) in [5, 5.41) is 0. The largest absolute Gasteiger partial charge is 0.493 e. The lowest BCUT2D eigenvalue weighted by Gasteiger charge is -2.28. The number of ether oxygens (including phenoxy) is 3. The SMILES string of the molecule is COc1ccc(C(=Cc2ccc(-c3ccccc3)cc2)C(=O)N2CCOCC2)cc1OC. The van der Waals surface area contributed by atoms with Gasteiger partial charge >= 0.3 is 0 Å². The predicted molar refractivity (Wildman–Crippen MR) is 127 cm³/mol. The molecule has 5 heteroatoms. The van der Waals surface area contributed by atoms with Crippen LogP contribution >= 0.6 is 0 Å². The van der Waals surface area contributed by atoms with Crippen molar-refractivity contribution in [2.45, 2.75) is 0 Å². The Bertz CT molecular complexity index is 1080. The highest BCUT2D eigenvalue weighted by Crippen LogP contribution is 2.32. The Morgan fingerprint density at radius 3 is 2.16 bits per heavy atom. The molecule has 0 aromatic heterocycles. The van der Waals surface area contributed by atoms with Gasteiger partial charge in [-0.15, -0.1) is 0 Å². The molecule has 1 heterocycles. The molecule has 164 valence electrons. The van der Waals surface area contributed by atoms with Crippen molar-refractivity contribution in [3.63, 3.8) is 0 Å². The average molecular weight is 430 g/mol. The lowest BCUT2D eigenvalue weighted by molar-refractivity contribution is -0.128. The summed E-state index contributed by atoms with van der Waals surface area (Å²) < 4.78 is 16.3. The minimum atomic E-state index is -0.0207. The second-order valence-corrected chi connectivity index (χ2v) is 7.52. The number of carbonyl (C=O) groups is 1. The fraction of sp³-hybridized carbons (Fsp3) is 0.222. The van der Waals surface area contributed by atoms with Gasteiger partial charge in [-0.25, -0.2) is 0 Å². The summed E-state index contributed by atoms with van der Waals surface area (Å²) in [6, 6.07) is 24.0. The summed E-state index contributed by atoms with van der Waals surface area (Å²) in [6.45, 7) is 2.26. The number of hydrogen-bond acceptors (Lipinski definition) is 4. The molecule has 3 aromatic rings. The maximum atomic E-state index is 13.5. The van der Waals surface area contributed by atoms with Crippen molar-refractivity contribution in [3.8, 4) is 22.6 Å². The number of carbonyl (C=O) groups excluding carboxylic acids is 1.